The van der Waals surface area contributed by atoms with Crippen molar-refractivity contribution in [3.63, 3.8) is 0 Å². The Hall–Kier alpha value is -0.0800. The molecule has 1 saturated carbocycles. The minimum absolute atomic E-state index is 0.343. The van der Waals surface area contributed by atoms with Crippen molar-refractivity contribution in [3.8, 4) is 0 Å². The Morgan fingerprint density at radius 3 is 2.73 bits per heavy atom. The summed E-state index contributed by atoms with van der Waals surface area (Å²) in [6.45, 7) is 7.75. The molecule has 2 heteroatoms. The predicted octanol–water partition coefficient (Wildman–Crippen LogP) is 3.15. The van der Waals surface area contributed by atoms with Crippen molar-refractivity contribution in [2.75, 3.05) is 6.61 Å². The van der Waals surface area contributed by atoms with Crippen molar-refractivity contribution in [2.24, 2.45) is 5.41 Å². The SMILES string of the molecule is CCCC(C)(C)COC1CCC2OC2C1. The molecular weight excluding hydrogens is 188 g/mol. The summed E-state index contributed by atoms with van der Waals surface area (Å²) in [5, 5.41) is 0. The van der Waals surface area contributed by atoms with Gasteiger partial charge in [-0.1, -0.05) is 27.2 Å². The smallest absolute Gasteiger partial charge is 0.0866 e. The Morgan fingerprint density at radius 2 is 2.07 bits per heavy atom. The van der Waals surface area contributed by atoms with Gasteiger partial charge in [0.2, 0.25) is 0 Å². The molecule has 1 heterocycles. The van der Waals surface area contributed by atoms with Crippen molar-refractivity contribution in [2.45, 2.75) is 71.2 Å². The third-order valence-corrected chi connectivity index (χ3v) is 3.59. The van der Waals surface area contributed by atoms with Crippen LogP contribution in [0.1, 0.15) is 52.9 Å². The Labute approximate surface area is 93.3 Å². The van der Waals surface area contributed by atoms with E-state index in [1.54, 1.807) is 0 Å². The summed E-state index contributed by atoms with van der Waals surface area (Å²) in [4.78, 5) is 0. The molecule has 1 aliphatic carbocycles. The highest BCUT2D eigenvalue weighted by atomic mass is 16.6. The van der Waals surface area contributed by atoms with Crippen LogP contribution < -0.4 is 0 Å². The van der Waals surface area contributed by atoms with Gasteiger partial charge in [-0.25, -0.2) is 0 Å². The van der Waals surface area contributed by atoms with Crippen LogP contribution in [0.4, 0.5) is 0 Å². The summed E-state index contributed by atoms with van der Waals surface area (Å²) in [6.07, 6.45) is 7.63. The van der Waals surface area contributed by atoms with Gasteiger partial charge in [0.25, 0.3) is 0 Å². The lowest BCUT2D eigenvalue weighted by Gasteiger charge is -2.28. The van der Waals surface area contributed by atoms with E-state index in [4.69, 9.17) is 9.47 Å². The average Bonchev–Trinajstić information content (AvgIpc) is 2.92. The molecule has 2 nitrogen and oxygen atoms in total. The number of hydrogen-bond donors (Lipinski definition) is 0. The molecule has 0 amide bonds. The molecule has 0 radical (unpaired) electrons. The van der Waals surface area contributed by atoms with Crippen molar-refractivity contribution < 1.29 is 9.47 Å². The summed E-state index contributed by atoms with van der Waals surface area (Å²) in [5.74, 6) is 0. The molecule has 1 saturated heterocycles. The van der Waals surface area contributed by atoms with Crippen molar-refractivity contribution >= 4 is 0 Å². The normalized spacial score (nSPS) is 35.0. The van der Waals surface area contributed by atoms with Crippen LogP contribution in [-0.4, -0.2) is 24.9 Å². The molecule has 3 unspecified atom stereocenters. The largest absolute Gasteiger partial charge is 0.378 e. The fraction of sp³-hybridized carbons (Fsp3) is 1.00. The van der Waals surface area contributed by atoms with E-state index in [9.17, 15) is 0 Å². The lowest BCUT2D eigenvalue weighted by molar-refractivity contribution is -0.0141. The van der Waals surface area contributed by atoms with Gasteiger partial charge < -0.3 is 9.47 Å². The van der Waals surface area contributed by atoms with Gasteiger partial charge in [0, 0.05) is 6.42 Å². The van der Waals surface area contributed by atoms with Gasteiger partial charge in [0.1, 0.15) is 0 Å². The number of ether oxygens (including phenoxy) is 2. The first-order chi connectivity index (χ1) is 7.11. The second-order valence-corrected chi connectivity index (χ2v) is 5.87. The van der Waals surface area contributed by atoms with Crippen LogP contribution in [0.2, 0.25) is 0 Å². The number of hydrogen-bond acceptors (Lipinski definition) is 2. The fourth-order valence-corrected chi connectivity index (χ4v) is 2.61. The molecule has 2 aliphatic rings. The Bertz CT molecular complexity index is 213. The number of rotatable bonds is 5. The van der Waals surface area contributed by atoms with E-state index < -0.39 is 0 Å². The third kappa shape index (κ3) is 3.18. The van der Waals surface area contributed by atoms with E-state index in [1.165, 1.54) is 25.7 Å². The molecule has 1 aliphatic heterocycles. The zero-order chi connectivity index (χ0) is 10.9. The number of fused-ring (bicyclic) bond motifs is 1. The number of epoxide rings is 1. The minimum atomic E-state index is 0.343. The quantitative estimate of drug-likeness (QED) is 0.653. The molecule has 0 aromatic carbocycles. The molecule has 0 aromatic heterocycles. The molecule has 2 rings (SSSR count). The first-order valence-electron chi connectivity index (χ1n) is 6.38. The summed E-state index contributed by atoms with van der Waals surface area (Å²) >= 11 is 0. The van der Waals surface area contributed by atoms with Crippen molar-refractivity contribution in [3.05, 3.63) is 0 Å². The Balaban J connectivity index is 1.68. The van der Waals surface area contributed by atoms with E-state index in [-0.39, 0.29) is 0 Å². The molecule has 0 aromatic rings. The van der Waals surface area contributed by atoms with Crippen LogP contribution in [0.25, 0.3) is 0 Å². The van der Waals surface area contributed by atoms with Gasteiger partial charge in [-0.15, -0.1) is 0 Å². The van der Waals surface area contributed by atoms with Gasteiger partial charge in [-0.2, -0.15) is 0 Å². The molecule has 0 bridgehead atoms. The lowest BCUT2D eigenvalue weighted by atomic mass is 9.89. The van der Waals surface area contributed by atoms with Crippen LogP contribution in [0.3, 0.4) is 0 Å². The maximum absolute atomic E-state index is 6.02. The average molecular weight is 212 g/mol. The van der Waals surface area contributed by atoms with E-state index in [2.05, 4.69) is 20.8 Å². The highest BCUT2D eigenvalue weighted by Gasteiger charge is 2.44. The minimum Gasteiger partial charge on any atom is -0.378 e. The van der Waals surface area contributed by atoms with Crippen LogP contribution in [0, 0.1) is 5.41 Å². The molecule has 3 atom stereocenters. The molecule has 15 heavy (non-hydrogen) atoms. The topological polar surface area (TPSA) is 21.8 Å². The summed E-state index contributed by atoms with van der Waals surface area (Å²) in [5.41, 5.74) is 0.343. The summed E-state index contributed by atoms with van der Waals surface area (Å²) in [7, 11) is 0. The fourth-order valence-electron chi connectivity index (χ4n) is 2.61. The molecular formula is C13H24O2. The van der Waals surface area contributed by atoms with E-state index in [0.717, 1.165) is 13.0 Å². The van der Waals surface area contributed by atoms with E-state index in [0.29, 0.717) is 23.7 Å². The van der Waals surface area contributed by atoms with Gasteiger partial charge in [0.15, 0.2) is 0 Å². The van der Waals surface area contributed by atoms with Crippen LogP contribution in [0.5, 0.6) is 0 Å². The first-order valence-corrected chi connectivity index (χ1v) is 6.38. The predicted molar refractivity (Wildman–Crippen MR) is 60.9 cm³/mol. The van der Waals surface area contributed by atoms with Crippen LogP contribution in [-0.2, 0) is 9.47 Å². The first kappa shape index (κ1) is 11.4. The zero-order valence-corrected chi connectivity index (χ0v) is 10.3. The van der Waals surface area contributed by atoms with Gasteiger partial charge in [-0.3, -0.25) is 0 Å². The van der Waals surface area contributed by atoms with Gasteiger partial charge >= 0.3 is 0 Å². The van der Waals surface area contributed by atoms with Crippen LogP contribution in [0.15, 0.2) is 0 Å². The van der Waals surface area contributed by atoms with Crippen molar-refractivity contribution in [1.82, 2.24) is 0 Å². The van der Waals surface area contributed by atoms with E-state index in [1.807, 2.05) is 0 Å². The van der Waals surface area contributed by atoms with E-state index >= 15 is 0 Å². The Kier molecular flexibility index (Phi) is 3.36. The van der Waals surface area contributed by atoms with Gasteiger partial charge in [0.05, 0.1) is 24.9 Å². The standard InChI is InChI=1S/C13H24O2/c1-4-7-13(2,3)9-14-10-5-6-11-12(8-10)15-11/h10-12H,4-9H2,1-3H3. The van der Waals surface area contributed by atoms with Gasteiger partial charge in [-0.05, 0) is 24.7 Å². The highest BCUT2D eigenvalue weighted by Crippen LogP contribution is 2.38. The summed E-state index contributed by atoms with van der Waals surface area (Å²) < 4.78 is 11.5. The molecule has 0 spiro atoms. The summed E-state index contributed by atoms with van der Waals surface area (Å²) in [6, 6.07) is 0. The third-order valence-electron chi connectivity index (χ3n) is 3.59. The molecule has 2 fully saturated rings. The molecule has 0 N–H and O–H groups in total. The molecule has 88 valence electrons. The zero-order valence-electron chi connectivity index (χ0n) is 10.3. The van der Waals surface area contributed by atoms with Crippen LogP contribution >= 0.6 is 0 Å². The van der Waals surface area contributed by atoms with Crippen molar-refractivity contribution in [1.29, 1.82) is 0 Å². The maximum atomic E-state index is 6.02. The maximum Gasteiger partial charge on any atom is 0.0866 e. The highest BCUT2D eigenvalue weighted by molar-refractivity contribution is 4.92. The monoisotopic (exact) mass is 212 g/mol. The second kappa shape index (κ2) is 4.42. The second-order valence-electron chi connectivity index (χ2n) is 5.87. The Morgan fingerprint density at radius 1 is 1.27 bits per heavy atom. The lowest BCUT2D eigenvalue weighted by Crippen LogP contribution is -2.27.